The van der Waals surface area contributed by atoms with E-state index in [1.807, 2.05) is 48.5 Å². The molecular weight excluding hydrogens is 248 g/mol. The normalized spacial score (nSPS) is 12.7. The second kappa shape index (κ2) is 5.61. The summed E-state index contributed by atoms with van der Waals surface area (Å²) in [6.07, 6.45) is 5.04. The smallest absolute Gasteiger partial charge is 0.163 e. The van der Waals surface area contributed by atoms with Gasteiger partial charge in [0.25, 0.3) is 0 Å². The van der Waals surface area contributed by atoms with E-state index in [2.05, 4.69) is 9.97 Å². The molecule has 0 bridgehead atoms. The zero-order chi connectivity index (χ0) is 13.8. The molecule has 3 heteroatoms. The van der Waals surface area contributed by atoms with E-state index < -0.39 is 0 Å². The first-order valence-electron chi connectivity index (χ1n) is 6.61. The Morgan fingerprint density at radius 2 is 1.35 bits per heavy atom. The Morgan fingerprint density at radius 1 is 0.750 bits per heavy atom. The quantitative estimate of drug-likeness (QED) is 0.623. The monoisotopic (exact) mass is 262 g/mol. The molecule has 0 radical (unpaired) electrons. The lowest BCUT2D eigenvalue weighted by molar-refractivity contribution is 0.0994. The van der Waals surface area contributed by atoms with Crippen LogP contribution in [0.1, 0.15) is 22.3 Å². The number of aryl methyl sites for hydroxylation is 1. The lowest BCUT2D eigenvalue weighted by Crippen LogP contribution is -1.88. The fraction of sp³-hybridized carbons (Fsp3) is 0.118. The molecule has 1 aliphatic rings. The molecule has 1 aromatic heterocycles. The van der Waals surface area contributed by atoms with Crippen LogP contribution in [0.2, 0.25) is 0 Å². The van der Waals surface area contributed by atoms with Crippen LogP contribution in [-0.4, -0.2) is 15.8 Å². The Morgan fingerprint density at radius 3 is 2.00 bits per heavy atom. The number of rotatable bonds is 0. The highest BCUT2D eigenvalue weighted by Crippen LogP contribution is 2.20. The van der Waals surface area contributed by atoms with E-state index >= 15 is 0 Å². The number of para-hydroxylation sites is 2. The van der Waals surface area contributed by atoms with Crippen molar-refractivity contribution in [3.63, 3.8) is 0 Å². The highest BCUT2D eigenvalue weighted by molar-refractivity contribution is 6.00. The number of hydrogen-bond donors (Lipinski definition) is 0. The zero-order valence-electron chi connectivity index (χ0n) is 11.0. The molecule has 0 amide bonds. The van der Waals surface area contributed by atoms with Crippen LogP contribution >= 0.6 is 0 Å². The largest absolute Gasteiger partial charge is 0.294 e. The molecule has 0 saturated carbocycles. The van der Waals surface area contributed by atoms with Crippen molar-refractivity contribution in [2.45, 2.75) is 12.8 Å². The zero-order valence-corrected chi connectivity index (χ0v) is 11.0. The molecule has 3 aromatic rings. The van der Waals surface area contributed by atoms with Gasteiger partial charge < -0.3 is 0 Å². The Kier molecular flexibility index (Phi) is 3.50. The molecule has 3 nitrogen and oxygen atoms in total. The van der Waals surface area contributed by atoms with Gasteiger partial charge in [-0.2, -0.15) is 0 Å². The summed E-state index contributed by atoms with van der Waals surface area (Å²) in [4.78, 5) is 19.3. The standard InChI is InChI=1S/C9H8O.C8H6N2/c10-9-6-5-7-3-1-2-4-8(7)9;1-2-4-8-7(3-1)9-5-6-10-8/h1-4H,5-6H2;1-6H. The molecule has 0 aliphatic heterocycles. The summed E-state index contributed by atoms with van der Waals surface area (Å²) in [6, 6.07) is 15.6. The van der Waals surface area contributed by atoms with Crippen LogP contribution in [0, 0.1) is 0 Å². The Labute approximate surface area is 117 Å². The molecule has 1 aliphatic carbocycles. The number of ketones is 1. The number of carbonyl (C=O) groups is 1. The minimum Gasteiger partial charge on any atom is -0.294 e. The van der Waals surface area contributed by atoms with Crippen molar-refractivity contribution >= 4 is 16.8 Å². The minimum atomic E-state index is 0.301. The maximum atomic E-state index is 11.1. The third-order valence-corrected chi connectivity index (χ3v) is 3.31. The van der Waals surface area contributed by atoms with Crippen molar-refractivity contribution in [2.24, 2.45) is 0 Å². The first-order chi connectivity index (χ1) is 9.84. The predicted molar refractivity (Wildman–Crippen MR) is 78.6 cm³/mol. The van der Waals surface area contributed by atoms with E-state index in [1.165, 1.54) is 5.56 Å². The maximum Gasteiger partial charge on any atom is 0.163 e. The topological polar surface area (TPSA) is 42.9 Å². The highest BCUT2D eigenvalue weighted by Gasteiger charge is 2.17. The highest BCUT2D eigenvalue weighted by atomic mass is 16.1. The lowest BCUT2D eigenvalue weighted by Gasteiger charge is -1.92. The Hall–Kier alpha value is -2.55. The Bertz CT molecular complexity index is 687. The summed E-state index contributed by atoms with van der Waals surface area (Å²) in [6.45, 7) is 0. The van der Waals surface area contributed by atoms with E-state index in [4.69, 9.17) is 0 Å². The van der Waals surface area contributed by atoms with Gasteiger partial charge in [-0.05, 0) is 24.1 Å². The van der Waals surface area contributed by atoms with Crippen molar-refractivity contribution < 1.29 is 4.79 Å². The van der Waals surface area contributed by atoms with E-state index in [0.29, 0.717) is 12.2 Å². The summed E-state index contributed by atoms with van der Waals surface area (Å²) < 4.78 is 0. The molecule has 0 fully saturated rings. The summed E-state index contributed by atoms with van der Waals surface area (Å²) in [5.74, 6) is 0.301. The van der Waals surface area contributed by atoms with Gasteiger partial charge in [0.05, 0.1) is 11.0 Å². The van der Waals surface area contributed by atoms with Crippen molar-refractivity contribution in [2.75, 3.05) is 0 Å². The number of benzene rings is 2. The van der Waals surface area contributed by atoms with Crippen LogP contribution in [0.4, 0.5) is 0 Å². The van der Waals surface area contributed by atoms with Gasteiger partial charge in [-0.3, -0.25) is 14.8 Å². The van der Waals surface area contributed by atoms with Gasteiger partial charge in [0, 0.05) is 24.4 Å². The second-order valence-electron chi connectivity index (χ2n) is 4.63. The van der Waals surface area contributed by atoms with E-state index in [-0.39, 0.29) is 0 Å². The average molecular weight is 262 g/mol. The van der Waals surface area contributed by atoms with E-state index in [9.17, 15) is 4.79 Å². The van der Waals surface area contributed by atoms with Gasteiger partial charge in [-0.25, -0.2) is 0 Å². The molecule has 0 N–H and O–H groups in total. The fourth-order valence-electron chi connectivity index (χ4n) is 2.30. The van der Waals surface area contributed by atoms with Gasteiger partial charge in [0.1, 0.15) is 0 Å². The van der Waals surface area contributed by atoms with Crippen molar-refractivity contribution in [3.8, 4) is 0 Å². The number of nitrogens with zero attached hydrogens (tertiary/aromatic N) is 2. The molecule has 1 heterocycles. The van der Waals surface area contributed by atoms with Crippen LogP contribution in [0.3, 0.4) is 0 Å². The molecule has 98 valence electrons. The number of hydrogen-bond acceptors (Lipinski definition) is 3. The molecule has 0 atom stereocenters. The van der Waals surface area contributed by atoms with Crippen LogP contribution in [0.25, 0.3) is 11.0 Å². The van der Waals surface area contributed by atoms with Crippen molar-refractivity contribution in [1.29, 1.82) is 0 Å². The molecule has 0 saturated heterocycles. The van der Waals surface area contributed by atoms with Crippen molar-refractivity contribution in [3.05, 3.63) is 72.1 Å². The Balaban J connectivity index is 0.000000121. The molecule has 0 spiro atoms. The number of Topliss-reactive ketones (excluding diaryl/α,β-unsaturated/α-hetero) is 1. The lowest BCUT2D eigenvalue weighted by atomic mass is 10.1. The number of aromatic nitrogens is 2. The van der Waals surface area contributed by atoms with Gasteiger partial charge in [0.2, 0.25) is 0 Å². The van der Waals surface area contributed by atoms with Gasteiger partial charge in [0.15, 0.2) is 5.78 Å². The number of carbonyl (C=O) groups excluding carboxylic acids is 1. The van der Waals surface area contributed by atoms with Gasteiger partial charge in [-0.1, -0.05) is 36.4 Å². The van der Waals surface area contributed by atoms with Gasteiger partial charge >= 0.3 is 0 Å². The fourth-order valence-corrected chi connectivity index (χ4v) is 2.30. The van der Waals surface area contributed by atoms with Crippen LogP contribution in [-0.2, 0) is 6.42 Å². The molecule has 4 rings (SSSR count). The summed E-state index contributed by atoms with van der Waals surface area (Å²) >= 11 is 0. The first-order valence-corrected chi connectivity index (χ1v) is 6.61. The van der Waals surface area contributed by atoms with E-state index in [0.717, 1.165) is 23.0 Å². The summed E-state index contributed by atoms with van der Waals surface area (Å²) in [7, 11) is 0. The van der Waals surface area contributed by atoms with Gasteiger partial charge in [-0.15, -0.1) is 0 Å². The first kappa shape index (κ1) is 12.5. The third-order valence-electron chi connectivity index (χ3n) is 3.31. The maximum absolute atomic E-state index is 11.1. The summed E-state index contributed by atoms with van der Waals surface area (Å²) in [5.41, 5.74) is 4.05. The van der Waals surface area contributed by atoms with Crippen LogP contribution in [0.5, 0.6) is 0 Å². The minimum absolute atomic E-state index is 0.301. The average Bonchev–Trinajstić information content (AvgIpc) is 2.90. The molecule has 2 aromatic carbocycles. The SMILES string of the molecule is O=C1CCc2ccccc21.c1ccc2nccnc2c1. The molecule has 0 unspecified atom stereocenters. The van der Waals surface area contributed by atoms with E-state index in [1.54, 1.807) is 12.4 Å². The third kappa shape index (κ3) is 2.57. The summed E-state index contributed by atoms with van der Waals surface area (Å²) in [5, 5.41) is 0. The van der Waals surface area contributed by atoms with Crippen LogP contribution in [0.15, 0.2) is 60.9 Å². The van der Waals surface area contributed by atoms with Crippen molar-refractivity contribution in [1.82, 2.24) is 9.97 Å². The number of fused-ring (bicyclic) bond motifs is 2. The predicted octanol–water partition coefficient (Wildman–Crippen LogP) is 3.45. The second-order valence-corrected chi connectivity index (χ2v) is 4.63. The van der Waals surface area contributed by atoms with Crippen LogP contribution < -0.4 is 0 Å². The molecular formula is C17H14N2O. The molecule has 20 heavy (non-hydrogen) atoms.